The van der Waals surface area contributed by atoms with Gasteiger partial charge < -0.3 is 20.1 Å². The molecular formula is C30H28F6N4O4S. The molecule has 45 heavy (non-hydrogen) atoms. The van der Waals surface area contributed by atoms with Crippen molar-refractivity contribution in [1.82, 2.24) is 14.8 Å². The molecule has 1 aromatic heterocycles. The largest absolute Gasteiger partial charge is 0.416 e. The molecule has 2 aliphatic rings. The van der Waals surface area contributed by atoms with E-state index in [4.69, 9.17) is 0 Å². The fourth-order valence-corrected chi connectivity index (χ4v) is 6.89. The third-order valence-corrected chi connectivity index (χ3v) is 9.65. The number of anilines is 1. The second-order valence-electron chi connectivity index (χ2n) is 11.1. The number of aryl methyl sites for hydroxylation is 1. The number of nitrogens with zero attached hydrogens (tertiary/aromatic N) is 2. The molecular weight excluding hydrogens is 626 g/mol. The van der Waals surface area contributed by atoms with E-state index >= 15 is 0 Å². The maximum atomic E-state index is 13.7. The Morgan fingerprint density at radius 1 is 0.956 bits per heavy atom. The summed E-state index contributed by atoms with van der Waals surface area (Å²) in [6.45, 7) is 6.01. The molecule has 1 saturated heterocycles. The van der Waals surface area contributed by atoms with Crippen LogP contribution in [0.2, 0.25) is 0 Å². The fraction of sp³-hybridized carbons (Fsp3) is 0.333. The van der Waals surface area contributed by atoms with Crippen LogP contribution in [0.25, 0.3) is 11.6 Å². The Morgan fingerprint density at radius 2 is 1.62 bits per heavy atom. The van der Waals surface area contributed by atoms with Gasteiger partial charge in [-0.3, -0.25) is 9.59 Å². The summed E-state index contributed by atoms with van der Waals surface area (Å²) in [4.78, 5) is 32.8. The normalized spacial score (nSPS) is 17.1. The van der Waals surface area contributed by atoms with Crippen LogP contribution in [0.5, 0.6) is 0 Å². The number of carbonyl (C=O) groups is 2. The highest BCUT2D eigenvalue weighted by Crippen LogP contribution is 2.40. The molecule has 8 nitrogen and oxygen atoms in total. The van der Waals surface area contributed by atoms with Crippen LogP contribution in [0.3, 0.4) is 0 Å². The summed E-state index contributed by atoms with van der Waals surface area (Å²) in [5.41, 5.74) is -1.60. The number of H-pyrrole nitrogens is 1. The Bertz CT molecular complexity index is 1840. The second-order valence-corrected chi connectivity index (χ2v) is 13.1. The van der Waals surface area contributed by atoms with Crippen molar-refractivity contribution in [3.8, 4) is 0 Å². The van der Waals surface area contributed by atoms with Crippen LogP contribution in [-0.4, -0.2) is 68.2 Å². The van der Waals surface area contributed by atoms with Crippen molar-refractivity contribution in [3.63, 3.8) is 0 Å². The zero-order valence-electron chi connectivity index (χ0n) is 24.3. The lowest BCUT2D eigenvalue weighted by atomic mass is 10.0. The molecule has 2 aromatic carbocycles. The third-order valence-electron chi connectivity index (χ3n) is 7.99. The summed E-state index contributed by atoms with van der Waals surface area (Å²) in [6, 6.07) is 4.31. The number of sulfone groups is 1. The van der Waals surface area contributed by atoms with Crippen molar-refractivity contribution in [2.24, 2.45) is 0 Å². The summed E-state index contributed by atoms with van der Waals surface area (Å²) in [5, 5.41) is 2.61. The van der Waals surface area contributed by atoms with Crippen LogP contribution in [0.15, 0.2) is 41.3 Å². The van der Waals surface area contributed by atoms with Crippen LogP contribution < -0.4 is 5.32 Å². The van der Waals surface area contributed by atoms with E-state index < -0.39 is 55.4 Å². The van der Waals surface area contributed by atoms with Gasteiger partial charge in [0.05, 0.1) is 32.9 Å². The van der Waals surface area contributed by atoms with Crippen molar-refractivity contribution < 1.29 is 44.3 Å². The van der Waals surface area contributed by atoms with Gasteiger partial charge in [-0.2, -0.15) is 26.3 Å². The van der Waals surface area contributed by atoms with E-state index in [1.54, 1.807) is 18.7 Å². The van der Waals surface area contributed by atoms with Crippen molar-refractivity contribution in [2.45, 2.75) is 36.8 Å². The lowest BCUT2D eigenvalue weighted by Crippen LogP contribution is -2.47. The lowest BCUT2D eigenvalue weighted by molar-refractivity contribution is -0.143. The highest BCUT2D eigenvalue weighted by Gasteiger charge is 2.39. The SMILES string of the molecule is Cc1[nH]c(C=C2C(=O)Nc3ccc(S(=O)(=O)Cc4ccc(C(F)(F)F)cc4C(F)(F)F)cc32)c(C)c1C(=O)N1CCN(C)CC1. The molecule has 0 saturated carbocycles. The molecule has 0 bridgehead atoms. The molecule has 3 heterocycles. The summed E-state index contributed by atoms with van der Waals surface area (Å²) >= 11 is 0. The molecule has 240 valence electrons. The topological polar surface area (TPSA) is 103 Å². The van der Waals surface area contributed by atoms with Gasteiger partial charge in [0.1, 0.15) is 0 Å². The Kier molecular flexibility index (Phi) is 8.15. The van der Waals surface area contributed by atoms with Crippen molar-refractivity contribution in [1.29, 1.82) is 0 Å². The molecule has 0 unspecified atom stereocenters. The number of likely N-dealkylation sites (N-methyl/N-ethyl adjacent to an activating group) is 1. The first-order valence-corrected chi connectivity index (χ1v) is 15.4. The first kappa shape index (κ1) is 32.3. The summed E-state index contributed by atoms with van der Waals surface area (Å²) in [6.07, 6.45) is -8.83. The molecule has 5 rings (SSSR count). The van der Waals surface area contributed by atoms with Gasteiger partial charge in [0.15, 0.2) is 9.84 Å². The van der Waals surface area contributed by atoms with E-state index in [0.29, 0.717) is 47.7 Å². The van der Waals surface area contributed by atoms with Gasteiger partial charge in [-0.1, -0.05) is 6.07 Å². The number of hydrogen-bond donors (Lipinski definition) is 2. The van der Waals surface area contributed by atoms with Gasteiger partial charge in [0.2, 0.25) is 0 Å². The van der Waals surface area contributed by atoms with Gasteiger partial charge in [-0.05, 0) is 68.4 Å². The highest BCUT2D eigenvalue weighted by atomic mass is 32.2. The predicted octanol–water partition coefficient (Wildman–Crippen LogP) is 5.52. The Labute approximate surface area is 254 Å². The van der Waals surface area contributed by atoms with E-state index in [1.165, 1.54) is 12.1 Å². The Morgan fingerprint density at radius 3 is 2.24 bits per heavy atom. The van der Waals surface area contributed by atoms with Crippen LogP contribution >= 0.6 is 0 Å². The van der Waals surface area contributed by atoms with Crippen LogP contribution in [0.1, 0.15) is 49.6 Å². The minimum Gasteiger partial charge on any atom is -0.358 e. The molecule has 2 aliphatic heterocycles. The van der Waals surface area contributed by atoms with E-state index in [2.05, 4.69) is 15.2 Å². The quantitative estimate of drug-likeness (QED) is 0.279. The first-order valence-electron chi connectivity index (χ1n) is 13.7. The predicted molar refractivity (Wildman–Crippen MR) is 154 cm³/mol. The number of alkyl halides is 6. The number of amides is 2. The maximum Gasteiger partial charge on any atom is 0.416 e. The zero-order valence-corrected chi connectivity index (χ0v) is 25.1. The maximum absolute atomic E-state index is 13.7. The molecule has 0 spiro atoms. The second kappa shape index (κ2) is 11.4. The average Bonchev–Trinajstić information content (AvgIpc) is 3.40. The molecule has 2 amide bonds. The van der Waals surface area contributed by atoms with Gasteiger partial charge in [-0.15, -0.1) is 0 Å². The molecule has 0 aliphatic carbocycles. The number of fused-ring (bicyclic) bond motifs is 1. The highest BCUT2D eigenvalue weighted by molar-refractivity contribution is 7.90. The minimum absolute atomic E-state index is 0.0514. The van der Waals surface area contributed by atoms with Crippen molar-refractivity contribution in [2.75, 3.05) is 38.5 Å². The Balaban J connectivity index is 1.48. The number of halogens is 6. The molecule has 2 N–H and O–H groups in total. The molecule has 3 aromatic rings. The first-order chi connectivity index (χ1) is 20.9. The third kappa shape index (κ3) is 6.36. The number of rotatable bonds is 5. The monoisotopic (exact) mass is 654 g/mol. The molecule has 0 atom stereocenters. The van der Waals surface area contributed by atoms with Crippen molar-refractivity contribution in [3.05, 3.63) is 81.2 Å². The van der Waals surface area contributed by atoms with Gasteiger partial charge >= 0.3 is 12.4 Å². The standard InChI is InChI=1S/C30H28F6N4O4S/c1-16-25(37-17(2)26(16)28(42)40-10-8-39(3)9-11-40)14-22-21-13-20(6-7-24(21)38-27(22)41)45(43,44)15-18-4-5-19(29(31,32)33)12-23(18)30(34,35)36/h4-7,12-14,37H,8-11,15H2,1-3H3,(H,38,41). The summed E-state index contributed by atoms with van der Waals surface area (Å²) in [5.74, 6) is -1.96. The van der Waals surface area contributed by atoms with E-state index in [9.17, 15) is 44.3 Å². The number of hydrogen-bond acceptors (Lipinski definition) is 5. The average molecular weight is 655 g/mol. The summed E-state index contributed by atoms with van der Waals surface area (Å²) < 4.78 is 107. The smallest absolute Gasteiger partial charge is 0.358 e. The Hall–Kier alpha value is -4.11. The van der Waals surface area contributed by atoms with Crippen LogP contribution in [0, 0.1) is 13.8 Å². The minimum atomic E-state index is -5.24. The lowest BCUT2D eigenvalue weighted by Gasteiger charge is -2.32. The van der Waals surface area contributed by atoms with E-state index in [-0.39, 0.29) is 28.8 Å². The van der Waals surface area contributed by atoms with Gasteiger partial charge in [0, 0.05) is 48.8 Å². The fourth-order valence-electron chi connectivity index (χ4n) is 5.49. The van der Waals surface area contributed by atoms with Crippen LogP contribution in [-0.2, 0) is 32.7 Å². The zero-order chi connectivity index (χ0) is 33.1. The number of carbonyl (C=O) groups excluding carboxylic acids is 2. The van der Waals surface area contributed by atoms with Crippen LogP contribution in [0.4, 0.5) is 32.0 Å². The molecule has 1 fully saturated rings. The van der Waals surface area contributed by atoms with Crippen molar-refractivity contribution >= 4 is 39.0 Å². The van der Waals surface area contributed by atoms with Gasteiger partial charge in [-0.25, -0.2) is 8.42 Å². The number of benzene rings is 2. The number of aromatic amines is 1. The molecule has 15 heteroatoms. The van der Waals surface area contributed by atoms with E-state index in [1.807, 2.05) is 7.05 Å². The molecule has 0 radical (unpaired) electrons. The number of nitrogens with one attached hydrogen (secondary N) is 2. The number of aromatic nitrogens is 1. The number of piperazine rings is 1. The van der Waals surface area contributed by atoms with E-state index in [0.717, 1.165) is 25.2 Å². The summed E-state index contributed by atoms with van der Waals surface area (Å²) in [7, 11) is -2.56. The van der Waals surface area contributed by atoms with Gasteiger partial charge in [0.25, 0.3) is 11.8 Å².